The van der Waals surface area contributed by atoms with Crippen LogP contribution in [0.4, 0.5) is 10.5 Å². The number of anilines is 1. The predicted molar refractivity (Wildman–Crippen MR) is 115 cm³/mol. The normalized spacial score (nSPS) is 22.5. The molecule has 0 bridgehead atoms. The highest BCUT2D eigenvalue weighted by Gasteiger charge is 2.39. The summed E-state index contributed by atoms with van der Waals surface area (Å²) in [6.07, 6.45) is 8.33. The average molecular weight is 399 g/mol. The van der Waals surface area contributed by atoms with Crippen LogP contribution in [0.15, 0.2) is 30.3 Å². The molecule has 2 saturated heterocycles. The molecule has 0 aromatic heterocycles. The van der Waals surface area contributed by atoms with Crippen molar-refractivity contribution in [1.82, 2.24) is 14.7 Å². The third-order valence-electron chi connectivity index (χ3n) is 6.79. The number of amides is 3. The standard InChI is InChI=1S/C23H34N4O2/c28-22(26-13-7-2-8-14-26)21(19-9-5-6-10-19)25-15-17-27(18-16-25)23(29)24-20-11-3-1-4-12-20/h1,3-4,11-12,19,21H,2,5-10,13-18H2,(H,24,29)/t21-/m0/s1. The summed E-state index contributed by atoms with van der Waals surface area (Å²) in [7, 11) is 0. The fourth-order valence-corrected chi connectivity index (χ4v) is 5.16. The summed E-state index contributed by atoms with van der Waals surface area (Å²) in [6.45, 7) is 4.75. The summed E-state index contributed by atoms with van der Waals surface area (Å²) in [5.41, 5.74) is 0.823. The summed E-state index contributed by atoms with van der Waals surface area (Å²) in [6, 6.07) is 9.56. The van der Waals surface area contributed by atoms with Crippen molar-refractivity contribution in [2.24, 2.45) is 5.92 Å². The van der Waals surface area contributed by atoms with Crippen LogP contribution in [0.5, 0.6) is 0 Å². The number of hydrogen-bond donors (Lipinski definition) is 1. The van der Waals surface area contributed by atoms with Gasteiger partial charge in [-0.2, -0.15) is 0 Å². The predicted octanol–water partition coefficient (Wildman–Crippen LogP) is 3.41. The first-order valence-corrected chi connectivity index (χ1v) is 11.4. The zero-order valence-electron chi connectivity index (χ0n) is 17.4. The minimum Gasteiger partial charge on any atom is -0.341 e. The smallest absolute Gasteiger partial charge is 0.321 e. The molecule has 1 atom stereocenters. The fourth-order valence-electron chi connectivity index (χ4n) is 5.16. The number of piperidine rings is 1. The first-order chi connectivity index (χ1) is 14.2. The van der Waals surface area contributed by atoms with Crippen molar-refractivity contribution in [2.45, 2.75) is 51.0 Å². The molecule has 1 aromatic carbocycles. The number of benzene rings is 1. The molecule has 6 nitrogen and oxygen atoms in total. The summed E-state index contributed by atoms with van der Waals surface area (Å²) in [5.74, 6) is 0.827. The molecule has 3 aliphatic rings. The Morgan fingerprint density at radius 1 is 0.793 bits per heavy atom. The summed E-state index contributed by atoms with van der Waals surface area (Å²) in [4.78, 5) is 32.4. The van der Waals surface area contributed by atoms with Crippen molar-refractivity contribution in [2.75, 3.05) is 44.6 Å². The molecule has 1 N–H and O–H groups in total. The number of hydrogen-bond acceptors (Lipinski definition) is 3. The van der Waals surface area contributed by atoms with Crippen molar-refractivity contribution in [3.63, 3.8) is 0 Å². The van der Waals surface area contributed by atoms with Gasteiger partial charge >= 0.3 is 6.03 Å². The first-order valence-electron chi connectivity index (χ1n) is 11.4. The Labute approximate surface area is 174 Å². The first kappa shape index (κ1) is 20.2. The Balaban J connectivity index is 1.37. The number of nitrogens with one attached hydrogen (secondary N) is 1. The second kappa shape index (κ2) is 9.61. The lowest BCUT2D eigenvalue weighted by Gasteiger charge is -2.43. The molecule has 4 rings (SSSR count). The van der Waals surface area contributed by atoms with Crippen LogP contribution in [0.2, 0.25) is 0 Å². The molecule has 3 amide bonds. The van der Waals surface area contributed by atoms with E-state index < -0.39 is 0 Å². The number of rotatable bonds is 4. The van der Waals surface area contributed by atoms with Crippen LogP contribution < -0.4 is 5.32 Å². The van der Waals surface area contributed by atoms with Gasteiger partial charge in [0.25, 0.3) is 0 Å². The summed E-state index contributed by atoms with van der Waals surface area (Å²) >= 11 is 0. The van der Waals surface area contributed by atoms with Gasteiger partial charge in [-0.25, -0.2) is 4.79 Å². The highest BCUT2D eigenvalue weighted by atomic mass is 16.2. The Hall–Kier alpha value is -2.08. The van der Waals surface area contributed by atoms with Gasteiger partial charge in [0.1, 0.15) is 0 Å². The number of carbonyl (C=O) groups is 2. The van der Waals surface area contributed by atoms with Gasteiger partial charge in [-0.1, -0.05) is 31.0 Å². The van der Waals surface area contributed by atoms with E-state index >= 15 is 0 Å². The highest BCUT2D eigenvalue weighted by molar-refractivity contribution is 5.89. The molecule has 0 radical (unpaired) electrons. The molecule has 1 saturated carbocycles. The molecule has 3 fully saturated rings. The molecule has 1 aromatic rings. The monoisotopic (exact) mass is 398 g/mol. The molecule has 29 heavy (non-hydrogen) atoms. The van der Waals surface area contributed by atoms with E-state index in [-0.39, 0.29) is 12.1 Å². The average Bonchev–Trinajstić information content (AvgIpc) is 3.30. The van der Waals surface area contributed by atoms with Crippen LogP contribution in [0.25, 0.3) is 0 Å². The second-order valence-electron chi connectivity index (χ2n) is 8.69. The van der Waals surface area contributed by atoms with Crippen LogP contribution in [-0.2, 0) is 4.79 Å². The van der Waals surface area contributed by atoms with E-state index in [1.165, 1.54) is 32.1 Å². The highest BCUT2D eigenvalue weighted by Crippen LogP contribution is 2.32. The minimum atomic E-state index is -0.0457. The maximum absolute atomic E-state index is 13.4. The summed E-state index contributed by atoms with van der Waals surface area (Å²) < 4.78 is 0. The largest absolute Gasteiger partial charge is 0.341 e. The number of carbonyl (C=O) groups excluding carboxylic acids is 2. The van der Waals surface area contributed by atoms with Gasteiger partial charge in [-0.15, -0.1) is 0 Å². The van der Waals surface area contributed by atoms with Crippen molar-refractivity contribution >= 4 is 17.6 Å². The third kappa shape index (κ3) is 4.92. The number of nitrogens with zero attached hydrogens (tertiary/aromatic N) is 3. The van der Waals surface area contributed by atoms with Crippen molar-refractivity contribution < 1.29 is 9.59 Å². The van der Waals surface area contributed by atoms with Crippen LogP contribution in [0, 0.1) is 5.92 Å². The Bertz CT molecular complexity index is 675. The van der Waals surface area contributed by atoms with Crippen molar-refractivity contribution in [3.8, 4) is 0 Å². The van der Waals surface area contributed by atoms with Crippen LogP contribution in [0.3, 0.4) is 0 Å². The third-order valence-corrected chi connectivity index (χ3v) is 6.79. The Morgan fingerprint density at radius 2 is 1.45 bits per heavy atom. The van der Waals surface area contributed by atoms with E-state index in [2.05, 4.69) is 15.1 Å². The van der Waals surface area contributed by atoms with Gasteiger partial charge in [-0.05, 0) is 50.2 Å². The number of urea groups is 1. The van der Waals surface area contributed by atoms with E-state index in [1.807, 2.05) is 35.2 Å². The van der Waals surface area contributed by atoms with Crippen LogP contribution in [0.1, 0.15) is 44.9 Å². The molecule has 6 heteroatoms. The van der Waals surface area contributed by atoms with E-state index in [0.29, 0.717) is 24.9 Å². The molecule has 158 valence electrons. The number of piperazine rings is 1. The lowest BCUT2D eigenvalue weighted by Crippen LogP contribution is -2.59. The zero-order chi connectivity index (χ0) is 20.1. The van der Waals surface area contributed by atoms with Crippen molar-refractivity contribution in [3.05, 3.63) is 30.3 Å². The fraction of sp³-hybridized carbons (Fsp3) is 0.652. The molecule has 2 heterocycles. The van der Waals surface area contributed by atoms with Crippen LogP contribution in [-0.4, -0.2) is 71.9 Å². The van der Waals surface area contributed by atoms with Gasteiger partial charge < -0.3 is 15.1 Å². The molecular formula is C23H34N4O2. The lowest BCUT2D eigenvalue weighted by atomic mass is 9.93. The lowest BCUT2D eigenvalue weighted by molar-refractivity contribution is -0.140. The summed E-state index contributed by atoms with van der Waals surface area (Å²) in [5, 5.41) is 2.98. The number of likely N-dealkylation sites (tertiary alicyclic amines) is 1. The van der Waals surface area contributed by atoms with Crippen LogP contribution >= 0.6 is 0 Å². The van der Waals surface area contributed by atoms with Gasteiger partial charge in [-0.3, -0.25) is 9.69 Å². The molecular weight excluding hydrogens is 364 g/mol. The van der Waals surface area contributed by atoms with Crippen molar-refractivity contribution in [1.29, 1.82) is 0 Å². The maximum atomic E-state index is 13.4. The molecule has 2 aliphatic heterocycles. The quantitative estimate of drug-likeness (QED) is 0.846. The number of para-hydroxylation sites is 1. The molecule has 1 aliphatic carbocycles. The van der Waals surface area contributed by atoms with E-state index in [0.717, 1.165) is 44.7 Å². The molecule has 0 unspecified atom stereocenters. The topological polar surface area (TPSA) is 55.9 Å². The minimum absolute atomic E-state index is 0.00920. The molecule has 0 spiro atoms. The van der Waals surface area contributed by atoms with E-state index in [9.17, 15) is 9.59 Å². The SMILES string of the molecule is O=C(Nc1ccccc1)N1CCN([C@H](C(=O)N2CCCCC2)C2CCCC2)CC1. The van der Waals surface area contributed by atoms with Gasteiger partial charge in [0.2, 0.25) is 5.91 Å². The maximum Gasteiger partial charge on any atom is 0.321 e. The zero-order valence-corrected chi connectivity index (χ0v) is 17.4. The van der Waals surface area contributed by atoms with Gasteiger partial charge in [0, 0.05) is 45.0 Å². The Kier molecular flexibility index (Phi) is 6.70. The Morgan fingerprint density at radius 3 is 2.10 bits per heavy atom. The van der Waals surface area contributed by atoms with E-state index in [1.54, 1.807) is 0 Å². The van der Waals surface area contributed by atoms with Gasteiger partial charge in [0.05, 0.1) is 6.04 Å². The van der Waals surface area contributed by atoms with Gasteiger partial charge in [0.15, 0.2) is 0 Å². The second-order valence-corrected chi connectivity index (χ2v) is 8.69. The van der Waals surface area contributed by atoms with E-state index in [4.69, 9.17) is 0 Å².